The second-order valence-corrected chi connectivity index (χ2v) is 9.31. The molecule has 2 heterocycles. The van der Waals surface area contributed by atoms with E-state index in [4.69, 9.17) is 9.47 Å². The molecule has 10 heteroatoms. The second kappa shape index (κ2) is 11.6. The molecule has 1 atom stereocenters. The van der Waals surface area contributed by atoms with Crippen molar-refractivity contribution in [3.8, 4) is 0 Å². The van der Waals surface area contributed by atoms with Crippen LogP contribution in [0.15, 0.2) is 72.8 Å². The normalized spacial score (nSPS) is 15.7. The number of benzene rings is 3. The largest absolute Gasteiger partial charge is 0.444 e. The van der Waals surface area contributed by atoms with Gasteiger partial charge in [0.1, 0.15) is 12.4 Å². The maximum atomic E-state index is 15.2. The summed E-state index contributed by atoms with van der Waals surface area (Å²) in [6.07, 6.45) is -2.13. The van der Waals surface area contributed by atoms with E-state index in [1.54, 1.807) is 48.5 Å². The summed E-state index contributed by atoms with van der Waals surface area (Å²) in [4.78, 5) is 42.6. The van der Waals surface area contributed by atoms with Gasteiger partial charge in [0.25, 0.3) is 11.8 Å². The van der Waals surface area contributed by atoms with Crippen LogP contribution in [0.4, 0.5) is 20.6 Å². The van der Waals surface area contributed by atoms with E-state index in [-0.39, 0.29) is 36.5 Å². The number of ether oxygens (including phenoxy) is 2. The van der Waals surface area contributed by atoms with E-state index in [0.29, 0.717) is 32.0 Å². The molecule has 1 fully saturated rings. The minimum absolute atomic E-state index is 0.0288. The number of halogens is 1. The lowest BCUT2D eigenvalue weighted by Crippen LogP contribution is -2.44. The fourth-order valence-electron chi connectivity index (χ4n) is 4.69. The monoisotopic (exact) mass is 533 g/mol. The molecule has 0 bridgehead atoms. The molecule has 3 aromatic carbocycles. The maximum Gasteiger partial charge on any atom is 0.414 e. The molecule has 0 aromatic heterocycles. The second-order valence-electron chi connectivity index (χ2n) is 9.31. The molecular weight excluding hydrogens is 505 g/mol. The number of anilines is 2. The molecule has 0 aliphatic carbocycles. The molecule has 5 rings (SSSR count). The van der Waals surface area contributed by atoms with Gasteiger partial charge in [0.15, 0.2) is 0 Å². The number of carbonyl (C=O) groups is 3. The summed E-state index contributed by atoms with van der Waals surface area (Å²) in [7, 11) is 0. The van der Waals surface area contributed by atoms with Crippen molar-refractivity contribution in [3.05, 3.63) is 95.3 Å². The quantitative estimate of drug-likeness (QED) is 0.443. The Morgan fingerprint density at radius 2 is 1.62 bits per heavy atom. The molecular formula is C29H28FN3O6. The molecule has 0 radical (unpaired) electrons. The molecule has 3 aromatic rings. The fourth-order valence-corrected chi connectivity index (χ4v) is 4.69. The lowest BCUT2D eigenvalue weighted by Gasteiger charge is -2.30. The lowest BCUT2D eigenvalue weighted by molar-refractivity contribution is 0.0550. The zero-order valence-corrected chi connectivity index (χ0v) is 21.2. The minimum atomic E-state index is -1.32. The standard InChI is InChI=1S/C29H28FN3O6/c30-25-16-21(10-11-26(25)31-12-14-38-15-13-31)32(29(37)39-19-20-6-2-1-3-7-20)17-22(34)18-33-27(35)23-8-4-5-9-24(23)28(33)36/h1-11,16,22,34H,12-15,17-19H2/t22-/m0/s1. The fraction of sp³-hybridized carbons (Fsp3) is 0.276. The van der Waals surface area contributed by atoms with Crippen LogP contribution in [0, 0.1) is 5.82 Å². The van der Waals surface area contributed by atoms with E-state index >= 15 is 4.39 Å². The number of β-amino-alcohol motifs (C(OH)–C–C–N with tert-alkyl or cyclic N) is 1. The summed E-state index contributed by atoms with van der Waals surface area (Å²) < 4.78 is 26.0. The molecule has 9 nitrogen and oxygen atoms in total. The van der Waals surface area contributed by atoms with Gasteiger partial charge >= 0.3 is 6.09 Å². The summed E-state index contributed by atoms with van der Waals surface area (Å²) in [6.45, 7) is 1.35. The number of imide groups is 1. The minimum Gasteiger partial charge on any atom is -0.444 e. The topological polar surface area (TPSA) is 99.6 Å². The number of morpholine rings is 1. The molecule has 1 N–H and O–H groups in total. The molecule has 2 aliphatic heterocycles. The van der Waals surface area contributed by atoms with E-state index in [0.717, 1.165) is 15.4 Å². The summed E-state index contributed by atoms with van der Waals surface area (Å²) in [5.74, 6) is -1.58. The van der Waals surface area contributed by atoms with Crippen molar-refractivity contribution in [2.75, 3.05) is 49.2 Å². The van der Waals surface area contributed by atoms with Crippen molar-refractivity contribution in [2.24, 2.45) is 0 Å². The van der Waals surface area contributed by atoms with Gasteiger partial charge in [-0.25, -0.2) is 9.18 Å². The third-order valence-electron chi connectivity index (χ3n) is 6.69. The Labute approximate surface area is 224 Å². The summed E-state index contributed by atoms with van der Waals surface area (Å²) in [5, 5.41) is 10.9. The van der Waals surface area contributed by atoms with Gasteiger partial charge in [0.2, 0.25) is 0 Å². The molecule has 3 amide bonds. The van der Waals surface area contributed by atoms with Crippen LogP contribution in [0.2, 0.25) is 0 Å². The zero-order valence-electron chi connectivity index (χ0n) is 21.2. The Morgan fingerprint density at radius 1 is 0.974 bits per heavy atom. The number of amides is 3. The average molecular weight is 534 g/mol. The van der Waals surface area contributed by atoms with Crippen molar-refractivity contribution >= 4 is 29.3 Å². The van der Waals surface area contributed by atoms with E-state index in [1.807, 2.05) is 23.1 Å². The van der Waals surface area contributed by atoms with Crippen LogP contribution in [-0.4, -0.2) is 73.4 Å². The van der Waals surface area contributed by atoms with E-state index in [9.17, 15) is 19.5 Å². The predicted molar refractivity (Wildman–Crippen MR) is 141 cm³/mol. The molecule has 2 aliphatic rings. The predicted octanol–water partition coefficient (Wildman–Crippen LogP) is 3.46. The first kappa shape index (κ1) is 26.3. The molecule has 0 saturated carbocycles. The van der Waals surface area contributed by atoms with Crippen LogP contribution in [0.3, 0.4) is 0 Å². The van der Waals surface area contributed by atoms with Crippen LogP contribution in [-0.2, 0) is 16.1 Å². The lowest BCUT2D eigenvalue weighted by atomic mass is 10.1. The highest BCUT2D eigenvalue weighted by molar-refractivity contribution is 6.21. The first-order chi connectivity index (χ1) is 18.9. The van der Waals surface area contributed by atoms with Gasteiger partial charge in [-0.1, -0.05) is 42.5 Å². The third-order valence-corrected chi connectivity index (χ3v) is 6.69. The Hall–Kier alpha value is -4.28. The Bertz CT molecular complexity index is 1330. The Kier molecular flexibility index (Phi) is 7.85. The molecule has 0 unspecified atom stereocenters. The number of rotatable bonds is 8. The number of aliphatic hydroxyl groups is 1. The third kappa shape index (κ3) is 5.76. The van der Waals surface area contributed by atoms with Crippen molar-refractivity contribution in [1.29, 1.82) is 0 Å². The van der Waals surface area contributed by atoms with Gasteiger partial charge in [-0.3, -0.25) is 19.4 Å². The first-order valence-electron chi connectivity index (χ1n) is 12.7. The van der Waals surface area contributed by atoms with Crippen molar-refractivity contribution < 1.29 is 33.4 Å². The highest BCUT2D eigenvalue weighted by atomic mass is 19.1. The zero-order chi connectivity index (χ0) is 27.4. The van der Waals surface area contributed by atoms with E-state index in [2.05, 4.69) is 0 Å². The van der Waals surface area contributed by atoms with Crippen LogP contribution >= 0.6 is 0 Å². The number of aliphatic hydroxyl groups excluding tert-OH is 1. The highest BCUT2D eigenvalue weighted by Gasteiger charge is 2.37. The van der Waals surface area contributed by atoms with Crippen LogP contribution < -0.4 is 9.80 Å². The van der Waals surface area contributed by atoms with Gasteiger partial charge in [0.05, 0.1) is 54.9 Å². The maximum absolute atomic E-state index is 15.2. The van der Waals surface area contributed by atoms with Crippen molar-refractivity contribution in [3.63, 3.8) is 0 Å². The molecule has 39 heavy (non-hydrogen) atoms. The van der Waals surface area contributed by atoms with Crippen LogP contribution in [0.1, 0.15) is 26.3 Å². The number of carbonyl (C=O) groups excluding carboxylic acids is 3. The van der Waals surface area contributed by atoms with Crippen LogP contribution in [0.25, 0.3) is 0 Å². The van der Waals surface area contributed by atoms with Gasteiger partial charge in [-0.2, -0.15) is 0 Å². The van der Waals surface area contributed by atoms with E-state index in [1.165, 1.54) is 6.07 Å². The van der Waals surface area contributed by atoms with Crippen molar-refractivity contribution in [1.82, 2.24) is 4.90 Å². The van der Waals surface area contributed by atoms with Gasteiger partial charge in [-0.05, 0) is 35.9 Å². The summed E-state index contributed by atoms with van der Waals surface area (Å²) >= 11 is 0. The Morgan fingerprint density at radius 3 is 2.26 bits per heavy atom. The summed E-state index contributed by atoms with van der Waals surface area (Å²) in [6, 6.07) is 19.8. The average Bonchev–Trinajstić information content (AvgIpc) is 3.20. The van der Waals surface area contributed by atoms with Crippen molar-refractivity contribution in [2.45, 2.75) is 12.7 Å². The van der Waals surface area contributed by atoms with Gasteiger partial charge in [0, 0.05) is 13.1 Å². The van der Waals surface area contributed by atoms with Crippen LogP contribution in [0.5, 0.6) is 0 Å². The Balaban J connectivity index is 1.34. The molecule has 0 spiro atoms. The smallest absolute Gasteiger partial charge is 0.414 e. The number of fused-ring (bicyclic) bond motifs is 1. The summed E-state index contributed by atoms with van der Waals surface area (Å²) in [5.41, 5.74) is 1.82. The molecule has 202 valence electrons. The first-order valence-corrected chi connectivity index (χ1v) is 12.7. The highest BCUT2D eigenvalue weighted by Crippen LogP contribution is 2.27. The number of hydrogen-bond donors (Lipinski definition) is 1. The molecule has 1 saturated heterocycles. The van der Waals surface area contributed by atoms with E-state index < -0.39 is 29.8 Å². The number of hydrogen-bond acceptors (Lipinski definition) is 7. The van der Waals surface area contributed by atoms with Gasteiger partial charge in [-0.15, -0.1) is 0 Å². The SMILES string of the molecule is O=C1c2ccccc2C(=O)N1C[C@@H](O)CN(C(=O)OCc1ccccc1)c1ccc(N2CCOCC2)c(F)c1. The number of nitrogens with zero attached hydrogens (tertiary/aromatic N) is 3. The van der Waals surface area contributed by atoms with Gasteiger partial charge < -0.3 is 19.5 Å².